The molecule has 4 rings (SSSR count). The molecule has 8 nitrogen and oxygen atoms in total. The lowest BCUT2D eigenvalue weighted by atomic mass is 10.2. The Balaban J connectivity index is 1.78. The van der Waals surface area contributed by atoms with E-state index >= 15 is 0 Å². The monoisotopic (exact) mass is 412 g/mol. The highest BCUT2D eigenvalue weighted by molar-refractivity contribution is 7.92. The number of hydrogen-bond donors (Lipinski definition) is 2. The van der Waals surface area contributed by atoms with E-state index in [0.29, 0.717) is 22.3 Å². The van der Waals surface area contributed by atoms with Crippen LogP contribution in [0.4, 0.5) is 21.7 Å². The summed E-state index contributed by atoms with van der Waals surface area (Å²) in [6.07, 6.45) is 2.61. The normalized spacial score (nSPS) is 11.6. The van der Waals surface area contributed by atoms with E-state index in [-0.39, 0.29) is 22.3 Å². The summed E-state index contributed by atoms with van der Waals surface area (Å²) >= 11 is 0. The Morgan fingerprint density at radius 3 is 2.34 bits per heavy atom. The van der Waals surface area contributed by atoms with Crippen molar-refractivity contribution in [3.05, 3.63) is 66.2 Å². The lowest BCUT2D eigenvalue weighted by Gasteiger charge is -2.13. The van der Waals surface area contributed by atoms with Crippen LogP contribution in [0.25, 0.3) is 11.0 Å². The Hall–Kier alpha value is -3.53. The first-order valence-corrected chi connectivity index (χ1v) is 10.1. The van der Waals surface area contributed by atoms with Gasteiger partial charge in [-0.1, -0.05) is 18.2 Å². The zero-order chi connectivity index (χ0) is 20.6. The summed E-state index contributed by atoms with van der Waals surface area (Å²) in [5.41, 5.74) is 1.99. The minimum absolute atomic E-state index is 0.00598. The highest BCUT2D eigenvalue weighted by Gasteiger charge is 2.20. The molecule has 0 amide bonds. The molecule has 10 heteroatoms. The molecule has 4 aromatic rings. The van der Waals surface area contributed by atoms with Crippen LogP contribution in [0.15, 0.2) is 59.8 Å². The molecule has 0 aliphatic carbocycles. The molecular formula is C19H17FN6O2S. The Morgan fingerprint density at radius 1 is 1.03 bits per heavy atom. The number of anilines is 3. The molecule has 0 saturated carbocycles. The van der Waals surface area contributed by atoms with Crippen LogP contribution >= 0.6 is 0 Å². The molecule has 0 unspecified atom stereocenters. The summed E-state index contributed by atoms with van der Waals surface area (Å²) in [5.74, 6) is -0.241. The largest absolute Gasteiger partial charge is 0.337 e. The van der Waals surface area contributed by atoms with Crippen LogP contribution in [-0.2, 0) is 17.1 Å². The Bertz CT molecular complexity index is 1320. The summed E-state index contributed by atoms with van der Waals surface area (Å²) in [7, 11) is -2.32. The van der Waals surface area contributed by atoms with Gasteiger partial charge in [-0.25, -0.2) is 22.8 Å². The van der Waals surface area contributed by atoms with Gasteiger partial charge in [-0.15, -0.1) is 0 Å². The second-order valence-electron chi connectivity index (χ2n) is 6.45. The van der Waals surface area contributed by atoms with Crippen LogP contribution < -0.4 is 10.0 Å². The number of sulfonamides is 1. The Morgan fingerprint density at radius 2 is 1.72 bits per heavy atom. The number of fused-ring (bicyclic) bond motifs is 1. The van der Waals surface area contributed by atoms with E-state index in [1.807, 2.05) is 0 Å². The third-order valence-corrected chi connectivity index (χ3v) is 5.52. The summed E-state index contributed by atoms with van der Waals surface area (Å²) in [4.78, 5) is 8.84. The van der Waals surface area contributed by atoms with E-state index in [1.54, 1.807) is 50.4 Å². The van der Waals surface area contributed by atoms with E-state index in [1.165, 1.54) is 23.1 Å². The molecule has 2 N–H and O–H groups in total. The number of hydrogen-bond acceptors (Lipinski definition) is 6. The average Bonchev–Trinajstić information content (AvgIpc) is 3.12. The van der Waals surface area contributed by atoms with Crippen molar-refractivity contribution < 1.29 is 12.8 Å². The van der Waals surface area contributed by atoms with Crippen molar-refractivity contribution in [3.63, 3.8) is 0 Å². The highest BCUT2D eigenvalue weighted by atomic mass is 32.2. The second kappa shape index (κ2) is 7.13. The highest BCUT2D eigenvalue weighted by Crippen LogP contribution is 2.27. The molecule has 0 saturated heterocycles. The van der Waals surface area contributed by atoms with Gasteiger partial charge in [0, 0.05) is 18.9 Å². The maximum atomic E-state index is 13.9. The molecule has 0 radical (unpaired) electrons. The first-order chi connectivity index (χ1) is 13.8. The van der Waals surface area contributed by atoms with E-state index in [4.69, 9.17) is 0 Å². The molecule has 0 atom stereocenters. The van der Waals surface area contributed by atoms with E-state index in [0.717, 1.165) is 0 Å². The molecule has 29 heavy (non-hydrogen) atoms. The standard InChI is InChI=1S/C19H17FN6O2S/c1-12-7-8-13(9-15(12)20)22-18-19(24-17-6-4-3-5-16(17)23-18)25-29(27,28)14-10-21-26(2)11-14/h3-11H,1-2H3,(H,22,23)(H,24,25). The fourth-order valence-electron chi connectivity index (χ4n) is 2.69. The lowest BCUT2D eigenvalue weighted by Crippen LogP contribution is -2.15. The van der Waals surface area contributed by atoms with Gasteiger partial charge in [0.2, 0.25) is 0 Å². The van der Waals surface area contributed by atoms with Gasteiger partial charge in [-0.05, 0) is 36.8 Å². The predicted molar refractivity (Wildman–Crippen MR) is 108 cm³/mol. The summed E-state index contributed by atoms with van der Waals surface area (Å²) in [6, 6.07) is 11.7. The first-order valence-electron chi connectivity index (χ1n) is 8.63. The molecule has 0 aliphatic heterocycles. The number of rotatable bonds is 5. The minimum atomic E-state index is -3.94. The van der Waals surface area contributed by atoms with Gasteiger partial charge >= 0.3 is 0 Å². The smallest absolute Gasteiger partial charge is 0.266 e. The van der Waals surface area contributed by atoms with Crippen LogP contribution in [0.1, 0.15) is 5.56 Å². The van der Waals surface area contributed by atoms with Crippen molar-refractivity contribution in [1.29, 1.82) is 0 Å². The number of aryl methyl sites for hydroxylation is 2. The van der Waals surface area contributed by atoms with Gasteiger partial charge in [0.25, 0.3) is 10.0 Å². The second-order valence-corrected chi connectivity index (χ2v) is 8.14. The number of nitrogens with one attached hydrogen (secondary N) is 2. The van der Waals surface area contributed by atoms with Crippen molar-refractivity contribution in [2.75, 3.05) is 10.0 Å². The van der Waals surface area contributed by atoms with Gasteiger partial charge in [0.05, 0.1) is 17.2 Å². The fourth-order valence-corrected chi connectivity index (χ4v) is 3.68. The maximum Gasteiger partial charge on any atom is 0.266 e. The summed E-state index contributed by atoms with van der Waals surface area (Å²) < 4.78 is 43.2. The SMILES string of the molecule is Cc1ccc(Nc2nc3ccccc3nc2NS(=O)(=O)c2cnn(C)c2)cc1F. The third kappa shape index (κ3) is 3.87. The predicted octanol–water partition coefficient (Wildman–Crippen LogP) is 3.36. The number of para-hydroxylation sites is 2. The zero-order valence-electron chi connectivity index (χ0n) is 15.6. The van der Waals surface area contributed by atoms with Crippen LogP contribution in [0.5, 0.6) is 0 Å². The van der Waals surface area contributed by atoms with Crippen LogP contribution in [0, 0.1) is 12.7 Å². The van der Waals surface area contributed by atoms with E-state index < -0.39 is 10.0 Å². The fraction of sp³-hybridized carbons (Fsp3) is 0.105. The molecule has 148 valence electrons. The lowest BCUT2D eigenvalue weighted by molar-refractivity contribution is 0.601. The van der Waals surface area contributed by atoms with Gasteiger partial charge in [0.15, 0.2) is 11.6 Å². The van der Waals surface area contributed by atoms with E-state index in [9.17, 15) is 12.8 Å². The van der Waals surface area contributed by atoms with E-state index in [2.05, 4.69) is 25.1 Å². The van der Waals surface area contributed by atoms with Crippen molar-refractivity contribution in [3.8, 4) is 0 Å². The van der Waals surface area contributed by atoms with Crippen molar-refractivity contribution in [2.24, 2.45) is 7.05 Å². The van der Waals surface area contributed by atoms with Gasteiger partial charge in [-0.3, -0.25) is 9.40 Å². The average molecular weight is 412 g/mol. The first kappa shape index (κ1) is 18.8. The maximum absolute atomic E-state index is 13.9. The van der Waals surface area contributed by atoms with Crippen LogP contribution in [0.2, 0.25) is 0 Å². The number of benzene rings is 2. The minimum Gasteiger partial charge on any atom is -0.337 e. The van der Waals surface area contributed by atoms with Crippen molar-refractivity contribution >= 4 is 38.4 Å². The molecule has 2 aromatic heterocycles. The summed E-state index contributed by atoms with van der Waals surface area (Å²) in [6.45, 7) is 1.66. The third-order valence-electron chi connectivity index (χ3n) is 4.23. The molecule has 2 aromatic carbocycles. The Labute approximate surface area is 166 Å². The molecule has 0 aliphatic rings. The molecule has 2 heterocycles. The van der Waals surface area contributed by atoms with Gasteiger partial charge in [0.1, 0.15) is 10.7 Å². The molecule has 0 spiro atoms. The van der Waals surface area contributed by atoms with Crippen molar-refractivity contribution in [1.82, 2.24) is 19.7 Å². The molecular weight excluding hydrogens is 395 g/mol. The van der Waals surface area contributed by atoms with Crippen LogP contribution in [-0.4, -0.2) is 28.2 Å². The van der Waals surface area contributed by atoms with Gasteiger partial charge < -0.3 is 5.32 Å². The molecule has 0 fully saturated rings. The zero-order valence-corrected chi connectivity index (χ0v) is 16.4. The summed E-state index contributed by atoms with van der Waals surface area (Å²) in [5, 5.41) is 6.84. The quantitative estimate of drug-likeness (QED) is 0.521. The van der Waals surface area contributed by atoms with Crippen LogP contribution in [0.3, 0.4) is 0 Å². The molecule has 0 bridgehead atoms. The topological polar surface area (TPSA) is 102 Å². The number of halogens is 1. The Kier molecular flexibility index (Phi) is 4.63. The number of nitrogens with zero attached hydrogens (tertiary/aromatic N) is 4. The number of aromatic nitrogens is 4. The van der Waals surface area contributed by atoms with Crippen molar-refractivity contribution in [2.45, 2.75) is 11.8 Å². The van der Waals surface area contributed by atoms with Gasteiger partial charge in [-0.2, -0.15) is 5.10 Å².